The second-order valence-corrected chi connectivity index (χ2v) is 5.37. The Morgan fingerprint density at radius 3 is 2.62 bits per heavy atom. The summed E-state index contributed by atoms with van der Waals surface area (Å²) in [5.41, 5.74) is 0.994. The Balaban J connectivity index is 2.61. The van der Waals surface area contributed by atoms with Crippen LogP contribution in [0.25, 0.3) is 0 Å². The van der Waals surface area contributed by atoms with Crippen LogP contribution in [0.3, 0.4) is 0 Å². The minimum Gasteiger partial charge on any atom is -0.496 e. The maximum Gasteiger partial charge on any atom is 0.129 e. The van der Waals surface area contributed by atoms with E-state index < -0.39 is 6.04 Å². The zero-order valence-electron chi connectivity index (χ0n) is 11.8. The minimum atomic E-state index is -0.503. The first kappa shape index (κ1) is 15.9. The van der Waals surface area contributed by atoms with Crippen molar-refractivity contribution < 1.29 is 13.5 Å². The minimum absolute atomic E-state index is 0.360. The zero-order chi connectivity index (χ0) is 15.4. The van der Waals surface area contributed by atoms with Gasteiger partial charge in [-0.15, -0.1) is 0 Å². The number of ether oxygens (including phenoxy) is 1. The number of hydrogen-bond acceptors (Lipinski definition) is 2. The molecule has 2 aromatic carbocycles. The highest BCUT2D eigenvalue weighted by Gasteiger charge is 2.23. The predicted molar refractivity (Wildman–Crippen MR) is 82.6 cm³/mol. The maximum absolute atomic E-state index is 14.2. The quantitative estimate of drug-likeness (QED) is 0.856. The smallest absolute Gasteiger partial charge is 0.129 e. The molecule has 21 heavy (non-hydrogen) atoms. The van der Waals surface area contributed by atoms with E-state index in [2.05, 4.69) is 21.2 Å². The molecule has 0 saturated carbocycles. The van der Waals surface area contributed by atoms with Crippen molar-refractivity contribution >= 4 is 15.9 Å². The van der Waals surface area contributed by atoms with E-state index in [1.54, 1.807) is 18.2 Å². The lowest BCUT2D eigenvalue weighted by Crippen LogP contribution is -2.24. The highest BCUT2D eigenvalue weighted by molar-refractivity contribution is 9.10. The van der Waals surface area contributed by atoms with Crippen LogP contribution >= 0.6 is 15.9 Å². The second-order valence-electron chi connectivity index (χ2n) is 4.51. The lowest BCUT2D eigenvalue weighted by atomic mass is 9.97. The third-order valence-corrected chi connectivity index (χ3v) is 3.89. The molecule has 0 bridgehead atoms. The van der Waals surface area contributed by atoms with Crippen LogP contribution in [0.5, 0.6) is 5.75 Å². The van der Waals surface area contributed by atoms with Gasteiger partial charge in [0.05, 0.1) is 13.2 Å². The van der Waals surface area contributed by atoms with Gasteiger partial charge in [-0.05, 0) is 36.9 Å². The molecule has 0 saturated heterocycles. The Morgan fingerprint density at radius 2 is 2.00 bits per heavy atom. The van der Waals surface area contributed by atoms with Crippen molar-refractivity contribution in [1.29, 1.82) is 0 Å². The third kappa shape index (κ3) is 3.41. The molecule has 2 nitrogen and oxygen atoms in total. The first-order valence-electron chi connectivity index (χ1n) is 6.59. The summed E-state index contributed by atoms with van der Waals surface area (Å²) in [6.07, 6.45) is 0. The molecule has 0 aliphatic rings. The van der Waals surface area contributed by atoms with Crippen molar-refractivity contribution in [2.45, 2.75) is 13.0 Å². The number of methoxy groups -OCH3 is 1. The first-order valence-corrected chi connectivity index (χ1v) is 7.38. The molecule has 1 N–H and O–H groups in total. The fourth-order valence-corrected chi connectivity index (χ4v) is 2.86. The Hall–Kier alpha value is -1.46. The molecule has 0 radical (unpaired) electrons. The molecule has 2 aromatic rings. The van der Waals surface area contributed by atoms with Crippen molar-refractivity contribution in [2.24, 2.45) is 0 Å². The Morgan fingerprint density at radius 1 is 1.24 bits per heavy atom. The summed E-state index contributed by atoms with van der Waals surface area (Å²) >= 11 is 3.37. The summed E-state index contributed by atoms with van der Waals surface area (Å²) in [7, 11) is 1.51. The van der Waals surface area contributed by atoms with Crippen LogP contribution in [0, 0.1) is 11.6 Å². The van der Waals surface area contributed by atoms with Gasteiger partial charge in [-0.25, -0.2) is 8.78 Å². The van der Waals surface area contributed by atoms with Crippen LogP contribution in [0.15, 0.2) is 40.9 Å². The Labute approximate surface area is 131 Å². The van der Waals surface area contributed by atoms with E-state index in [0.717, 1.165) is 0 Å². The lowest BCUT2D eigenvalue weighted by molar-refractivity contribution is 0.401. The average molecular weight is 356 g/mol. The van der Waals surface area contributed by atoms with Gasteiger partial charge in [-0.1, -0.05) is 28.9 Å². The topological polar surface area (TPSA) is 21.3 Å². The van der Waals surface area contributed by atoms with Crippen molar-refractivity contribution in [3.05, 3.63) is 63.6 Å². The standard InChI is InChI=1S/C16H16BrF2NO/c1-3-20-16(15-12(17)5-4-6-13(15)19)11-9-10(18)7-8-14(11)21-2/h4-9,16,20H,3H2,1-2H3. The molecule has 0 aliphatic heterocycles. The maximum atomic E-state index is 14.2. The summed E-state index contributed by atoms with van der Waals surface area (Å²) in [5, 5.41) is 3.18. The van der Waals surface area contributed by atoms with Gasteiger partial charge in [0.2, 0.25) is 0 Å². The Bertz CT molecular complexity index is 613. The molecule has 5 heteroatoms. The van der Waals surface area contributed by atoms with Crippen LogP contribution in [0.1, 0.15) is 24.1 Å². The van der Waals surface area contributed by atoms with E-state index in [-0.39, 0.29) is 11.6 Å². The van der Waals surface area contributed by atoms with Crippen molar-refractivity contribution in [3.8, 4) is 5.75 Å². The molecule has 0 spiro atoms. The molecule has 0 amide bonds. The predicted octanol–water partition coefficient (Wildman–Crippen LogP) is 4.43. The van der Waals surface area contributed by atoms with Crippen LogP contribution in [0.2, 0.25) is 0 Å². The normalized spacial score (nSPS) is 12.2. The van der Waals surface area contributed by atoms with E-state index in [1.807, 2.05) is 6.92 Å². The summed E-state index contributed by atoms with van der Waals surface area (Å²) in [5.74, 6) is -0.236. The van der Waals surface area contributed by atoms with Gasteiger partial charge in [0.15, 0.2) is 0 Å². The summed E-state index contributed by atoms with van der Waals surface area (Å²) < 4.78 is 33.8. The van der Waals surface area contributed by atoms with Crippen molar-refractivity contribution in [3.63, 3.8) is 0 Å². The summed E-state index contributed by atoms with van der Waals surface area (Å²) in [6, 6.07) is 8.49. The fourth-order valence-electron chi connectivity index (χ4n) is 2.29. The van der Waals surface area contributed by atoms with E-state index >= 15 is 0 Å². The molecule has 0 fully saturated rings. The van der Waals surface area contributed by atoms with Crippen LogP contribution in [-0.2, 0) is 0 Å². The number of benzene rings is 2. The summed E-state index contributed by atoms with van der Waals surface area (Å²) in [6.45, 7) is 2.51. The molecule has 0 aromatic heterocycles. The molecule has 0 heterocycles. The lowest BCUT2D eigenvalue weighted by Gasteiger charge is -2.23. The zero-order valence-corrected chi connectivity index (χ0v) is 13.4. The van der Waals surface area contributed by atoms with Crippen LogP contribution in [-0.4, -0.2) is 13.7 Å². The molecular weight excluding hydrogens is 340 g/mol. The van der Waals surface area contributed by atoms with Crippen LogP contribution < -0.4 is 10.1 Å². The molecule has 1 atom stereocenters. The molecule has 1 unspecified atom stereocenters. The Kier molecular flexibility index (Phi) is 5.31. The van der Waals surface area contributed by atoms with Gasteiger partial charge >= 0.3 is 0 Å². The average Bonchev–Trinajstić information content (AvgIpc) is 2.46. The fraction of sp³-hybridized carbons (Fsp3) is 0.250. The molecule has 2 rings (SSSR count). The number of rotatable bonds is 5. The van der Waals surface area contributed by atoms with E-state index in [1.165, 1.54) is 25.3 Å². The van der Waals surface area contributed by atoms with E-state index in [9.17, 15) is 8.78 Å². The number of halogens is 3. The monoisotopic (exact) mass is 355 g/mol. The van der Waals surface area contributed by atoms with Crippen molar-refractivity contribution in [1.82, 2.24) is 5.32 Å². The highest BCUT2D eigenvalue weighted by atomic mass is 79.9. The molecular formula is C16H16BrF2NO. The molecule has 112 valence electrons. The van der Waals surface area contributed by atoms with E-state index in [4.69, 9.17) is 4.74 Å². The number of hydrogen-bond donors (Lipinski definition) is 1. The SMILES string of the molecule is CCNC(c1cc(F)ccc1OC)c1c(F)cccc1Br. The first-order chi connectivity index (χ1) is 10.1. The largest absolute Gasteiger partial charge is 0.496 e. The third-order valence-electron chi connectivity index (χ3n) is 3.20. The molecule has 0 aliphatic carbocycles. The second kappa shape index (κ2) is 7.00. The van der Waals surface area contributed by atoms with Gasteiger partial charge in [0.25, 0.3) is 0 Å². The highest BCUT2D eigenvalue weighted by Crippen LogP contribution is 2.35. The van der Waals surface area contributed by atoms with Crippen LogP contribution in [0.4, 0.5) is 8.78 Å². The van der Waals surface area contributed by atoms with Gasteiger partial charge in [0.1, 0.15) is 17.4 Å². The van der Waals surface area contributed by atoms with E-state index in [0.29, 0.717) is 27.9 Å². The van der Waals surface area contributed by atoms with Gasteiger partial charge in [0, 0.05) is 15.6 Å². The summed E-state index contributed by atoms with van der Waals surface area (Å²) in [4.78, 5) is 0. The van der Waals surface area contributed by atoms with Gasteiger partial charge < -0.3 is 10.1 Å². The van der Waals surface area contributed by atoms with Gasteiger partial charge in [-0.3, -0.25) is 0 Å². The van der Waals surface area contributed by atoms with Crippen molar-refractivity contribution in [2.75, 3.05) is 13.7 Å². The van der Waals surface area contributed by atoms with Gasteiger partial charge in [-0.2, -0.15) is 0 Å². The number of nitrogens with one attached hydrogen (secondary N) is 1.